The molecular weight excluding hydrogens is 199 g/mol. The molecule has 0 saturated heterocycles. The lowest BCUT2D eigenvalue weighted by Gasteiger charge is -1.83. The number of aromatic amines is 1. The van der Waals surface area contributed by atoms with E-state index in [9.17, 15) is 0 Å². The molecule has 0 spiro atoms. The maximum Gasteiger partial charge on any atom is 0.171 e. The zero-order valence-corrected chi connectivity index (χ0v) is 7.65. The number of aromatic nitrogens is 3. The van der Waals surface area contributed by atoms with E-state index in [1.54, 1.807) is 6.20 Å². The van der Waals surface area contributed by atoms with Gasteiger partial charge in [0.25, 0.3) is 0 Å². The van der Waals surface area contributed by atoms with Gasteiger partial charge in [-0.25, -0.2) is 0 Å². The van der Waals surface area contributed by atoms with Gasteiger partial charge in [0.15, 0.2) is 5.82 Å². The fourth-order valence-corrected chi connectivity index (χ4v) is 0.873. The maximum absolute atomic E-state index is 5.47. The molecule has 2 heterocycles. The lowest BCUT2D eigenvalue weighted by molar-refractivity contribution is 1.13. The molecule has 3 N–H and O–H groups in total. The summed E-state index contributed by atoms with van der Waals surface area (Å²) in [6.07, 6.45) is 1.69. The summed E-state index contributed by atoms with van der Waals surface area (Å²) in [7, 11) is 0. The Morgan fingerprint density at radius 3 is 2.75 bits per heavy atom. The van der Waals surface area contributed by atoms with E-state index >= 15 is 0 Å². The van der Waals surface area contributed by atoms with E-state index in [-0.39, 0.29) is 24.8 Å². The maximum atomic E-state index is 5.47. The van der Waals surface area contributed by atoms with Gasteiger partial charge in [-0.05, 0) is 12.1 Å². The highest BCUT2D eigenvalue weighted by molar-refractivity contribution is 5.85. The number of nitrogen functional groups attached to an aromatic ring is 1. The van der Waals surface area contributed by atoms with Gasteiger partial charge in [-0.2, -0.15) is 5.10 Å². The number of hydrogen-bond acceptors (Lipinski definition) is 3. The average Bonchev–Trinajstić information content (AvgIpc) is 2.34. The third-order valence-electron chi connectivity index (χ3n) is 1.35. The summed E-state index contributed by atoms with van der Waals surface area (Å²) in [6, 6.07) is 3.71. The molecule has 66 valence electrons. The van der Waals surface area contributed by atoms with Crippen LogP contribution in [0.1, 0.15) is 0 Å². The largest absolute Gasteiger partial charge is 0.380 e. The summed E-state index contributed by atoms with van der Waals surface area (Å²) in [6.45, 7) is 0. The molecule has 0 unspecified atom stereocenters. The first kappa shape index (κ1) is 11.0. The Balaban J connectivity index is 0.000000605. The molecule has 2 aromatic heterocycles. The van der Waals surface area contributed by atoms with Crippen molar-refractivity contribution in [2.75, 3.05) is 5.73 Å². The number of nitrogens with two attached hydrogens (primary N) is 1. The lowest BCUT2D eigenvalue weighted by atomic mass is 10.4. The number of rotatable bonds is 0. The average molecular weight is 207 g/mol. The second-order valence-corrected chi connectivity index (χ2v) is 2.01. The van der Waals surface area contributed by atoms with Crippen LogP contribution in [-0.4, -0.2) is 15.2 Å². The molecule has 0 atom stereocenters. The van der Waals surface area contributed by atoms with E-state index in [4.69, 9.17) is 5.73 Å². The second kappa shape index (κ2) is 4.13. The number of hydrogen-bond donors (Lipinski definition) is 2. The molecule has 6 heteroatoms. The quantitative estimate of drug-likeness (QED) is 0.685. The highest BCUT2D eigenvalue weighted by atomic mass is 35.5. The SMILES string of the molecule is Cl.Cl.Nc1n[nH]c2cccnc12. The fourth-order valence-electron chi connectivity index (χ4n) is 0.873. The van der Waals surface area contributed by atoms with Crippen LogP contribution in [0.4, 0.5) is 5.82 Å². The molecule has 0 amide bonds. The molecule has 0 aliphatic carbocycles. The Kier molecular flexibility index (Phi) is 3.79. The normalized spacial score (nSPS) is 8.67. The van der Waals surface area contributed by atoms with Crippen molar-refractivity contribution in [2.24, 2.45) is 0 Å². The van der Waals surface area contributed by atoms with Gasteiger partial charge in [0.05, 0.1) is 5.52 Å². The van der Waals surface area contributed by atoms with E-state index in [1.807, 2.05) is 12.1 Å². The van der Waals surface area contributed by atoms with Gasteiger partial charge in [0, 0.05) is 6.20 Å². The van der Waals surface area contributed by atoms with Crippen LogP contribution in [0.5, 0.6) is 0 Å². The van der Waals surface area contributed by atoms with Gasteiger partial charge in [0.1, 0.15) is 5.52 Å². The molecule has 0 aliphatic rings. The van der Waals surface area contributed by atoms with Gasteiger partial charge in [-0.15, -0.1) is 24.8 Å². The molecule has 0 saturated carbocycles. The molecule has 0 aromatic carbocycles. The molecule has 2 rings (SSSR count). The van der Waals surface area contributed by atoms with Crippen LogP contribution in [0.25, 0.3) is 11.0 Å². The number of nitrogens with zero attached hydrogens (tertiary/aromatic N) is 2. The third-order valence-corrected chi connectivity index (χ3v) is 1.35. The number of nitrogens with one attached hydrogen (secondary N) is 1. The Bertz CT molecular complexity index is 359. The topological polar surface area (TPSA) is 67.6 Å². The van der Waals surface area contributed by atoms with Crippen LogP contribution in [0, 0.1) is 0 Å². The monoisotopic (exact) mass is 206 g/mol. The third kappa shape index (κ3) is 1.60. The molecule has 4 nitrogen and oxygen atoms in total. The van der Waals surface area contributed by atoms with E-state index < -0.39 is 0 Å². The van der Waals surface area contributed by atoms with Crippen LogP contribution in [0.3, 0.4) is 0 Å². The number of halogens is 2. The number of anilines is 1. The Morgan fingerprint density at radius 2 is 2.08 bits per heavy atom. The Morgan fingerprint density at radius 1 is 1.33 bits per heavy atom. The summed E-state index contributed by atoms with van der Waals surface area (Å²) in [5.41, 5.74) is 7.08. The standard InChI is InChI=1S/C6H6N4.2ClH/c7-6-5-4(9-10-6)2-1-3-8-5;;/h1-3H,(H3,7,9,10);2*1H. The van der Waals surface area contributed by atoms with Gasteiger partial charge >= 0.3 is 0 Å². The predicted molar refractivity (Wildman–Crippen MR) is 52.8 cm³/mol. The van der Waals surface area contributed by atoms with Crippen LogP contribution >= 0.6 is 24.8 Å². The van der Waals surface area contributed by atoms with Gasteiger partial charge in [0.2, 0.25) is 0 Å². The lowest BCUT2D eigenvalue weighted by Crippen LogP contribution is -1.84. The van der Waals surface area contributed by atoms with Crippen molar-refractivity contribution in [3.8, 4) is 0 Å². The van der Waals surface area contributed by atoms with E-state index in [0.29, 0.717) is 5.82 Å². The summed E-state index contributed by atoms with van der Waals surface area (Å²) >= 11 is 0. The number of pyridine rings is 1. The summed E-state index contributed by atoms with van der Waals surface area (Å²) in [5.74, 6) is 0.454. The zero-order chi connectivity index (χ0) is 6.97. The highest BCUT2D eigenvalue weighted by Crippen LogP contribution is 2.12. The molecular formula is C6H8Cl2N4. The number of fused-ring (bicyclic) bond motifs is 1. The molecule has 12 heavy (non-hydrogen) atoms. The smallest absolute Gasteiger partial charge is 0.171 e. The van der Waals surface area contributed by atoms with E-state index in [1.165, 1.54) is 0 Å². The van der Waals surface area contributed by atoms with Crippen LogP contribution in [-0.2, 0) is 0 Å². The number of H-pyrrole nitrogens is 1. The van der Waals surface area contributed by atoms with Crippen LogP contribution in [0.2, 0.25) is 0 Å². The van der Waals surface area contributed by atoms with Crippen molar-refractivity contribution in [1.29, 1.82) is 0 Å². The summed E-state index contributed by atoms with van der Waals surface area (Å²) in [5, 5.41) is 6.54. The van der Waals surface area contributed by atoms with Gasteiger partial charge in [-0.1, -0.05) is 0 Å². The van der Waals surface area contributed by atoms with Crippen molar-refractivity contribution in [2.45, 2.75) is 0 Å². The molecule has 0 fully saturated rings. The first-order valence-corrected chi connectivity index (χ1v) is 2.92. The van der Waals surface area contributed by atoms with Gasteiger partial charge in [-0.3, -0.25) is 10.1 Å². The minimum atomic E-state index is 0. The second-order valence-electron chi connectivity index (χ2n) is 2.01. The van der Waals surface area contributed by atoms with E-state index in [0.717, 1.165) is 11.0 Å². The molecule has 0 radical (unpaired) electrons. The highest BCUT2D eigenvalue weighted by Gasteiger charge is 1.98. The van der Waals surface area contributed by atoms with Crippen LogP contribution < -0.4 is 5.73 Å². The first-order valence-electron chi connectivity index (χ1n) is 2.92. The zero-order valence-electron chi connectivity index (χ0n) is 6.02. The summed E-state index contributed by atoms with van der Waals surface area (Å²) < 4.78 is 0. The summed E-state index contributed by atoms with van der Waals surface area (Å²) in [4.78, 5) is 4.02. The molecule has 0 aliphatic heterocycles. The van der Waals surface area contributed by atoms with Gasteiger partial charge < -0.3 is 5.73 Å². The Labute approximate surface area is 81.4 Å². The van der Waals surface area contributed by atoms with Crippen molar-refractivity contribution >= 4 is 41.7 Å². The van der Waals surface area contributed by atoms with Crippen LogP contribution in [0.15, 0.2) is 18.3 Å². The predicted octanol–water partition coefficient (Wildman–Crippen LogP) is 1.38. The van der Waals surface area contributed by atoms with Crippen molar-refractivity contribution < 1.29 is 0 Å². The Hall–Kier alpha value is -1.00. The van der Waals surface area contributed by atoms with E-state index in [2.05, 4.69) is 15.2 Å². The van der Waals surface area contributed by atoms with Crippen molar-refractivity contribution in [3.63, 3.8) is 0 Å². The van der Waals surface area contributed by atoms with Crippen molar-refractivity contribution in [3.05, 3.63) is 18.3 Å². The fraction of sp³-hybridized carbons (Fsp3) is 0. The molecule has 0 bridgehead atoms. The first-order chi connectivity index (χ1) is 4.88. The minimum Gasteiger partial charge on any atom is -0.380 e. The minimum absolute atomic E-state index is 0. The molecule has 2 aromatic rings. The van der Waals surface area contributed by atoms with Crippen molar-refractivity contribution in [1.82, 2.24) is 15.2 Å².